The summed E-state index contributed by atoms with van der Waals surface area (Å²) in [6.07, 6.45) is 3.40. The Morgan fingerprint density at radius 1 is 1.41 bits per heavy atom. The van der Waals surface area contributed by atoms with Crippen LogP contribution in [0.25, 0.3) is 0 Å². The van der Waals surface area contributed by atoms with Gasteiger partial charge in [-0.3, -0.25) is 9.78 Å². The van der Waals surface area contributed by atoms with Crippen LogP contribution < -0.4 is 10.1 Å². The fourth-order valence-electron chi connectivity index (χ4n) is 1.87. The molecule has 0 radical (unpaired) electrons. The summed E-state index contributed by atoms with van der Waals surface area (Å²) in [6.45, 7) is 0.455. The summed E-state index contributed by atoms with van der Waals surface area (Å²) in [5, 5.41) is 2.82. The van der Waals surface area contributed by atoms with Gasteiger partial charge in [0.2, 0.25) is 5.91 Å². The molecule has 22 heavy (non-hydrogen) atoms. The molecule has 0 saturated carbocycles. The summed E-state index contributed by atoms with van der Waals surface area (Å²) in [4.78, 5) is 15.8. The van der Waals surface area contributed by atoms with E-state index in [1.54, 1.807) is 25.6 Å². The van der Waals surface area contributed by atoms with Crippen molar-refractivity contribution in [2.75, 3.05) is 12.9 Å². The van der Waals surface area contributed by atoms with E-state index in [9.17, 15) is 9.18 Å². The molecule has 0 fully saturated rings. The van der Waals surface area contributed by atoms with Crippen LogP contribution in [0.4, 0.5) is 4.39 Å². The molecule has 0 atom stereocenters. The van der Waals surface area contributed by atoms with Crippen molar-refractivity contribution in [3.8, 4) is 5.75 Å². The molecule has 1 N–H and O–H groups in total. The first kappa shape index (κ1) is 16.3. The summed E-state index contributed by atoms with van der Waals surface area (Å²) >= 11 is 1.41. The Balaban J connectivity index is 1.76. The standard InChI is InChI=1S/C16H17FN2O2S/c1-21-15-5-4-14(17)7-13(15)10-22-11-16(20)19-9-12-3-2-6-18-8-12/h2-8H,9-11H2,1H3,(H,19,20). The second kappa shape index (κ2) is 8.38. The second-order valence-electron chi connectivity index (χ2n) is 4.59. The topological polar surface area (TPSA) is 51.2 Å². The summed E-state index contributed by atoms with van der Waals surface area (Å²) in [7, 11) is 1.54. The van der Waals surface area contributed by atoms with Crippen LogP contribution in [0.3, 0.4) is 0 Å². The minimum absolute atomic E-state index is 0.0655. The molecule has 1 heterocycles. The molecule has 0 aliphatic rings. The van der Waals surface area contributed by atoms with Gasteiger partial charge >= 0.3 is 0 Å². The maximum atomic E-state index is 13.2. The van der Waals surface area contributed by atoms with Crippen molar-refractivity contribution in [1.82, 2.24) is 10.3 Å². The SMILES string of the molecule is COc1ccc(F)cc1CSCC(=O)NCc1cccnc1. The number of carbonyl (C=O) groups is 1. The molecule has 0 saturated heterocycles. The molecule has 0 bridgehead atoms. The molecule has 4 nitrogen and oxygen atoms in total. The van der Waals surface area contributed by atoms with Gasteiger partial charge in [-0.2, -0.15) is 0 Å². The van der Waals surface area contributed by atoms with Crippen molar-refractivity contribution < 1.29 is 13.9 Å². The average molecular weight is 320 g/mol. The number of nitrogens with zero attached hydrogens (tertiary/aromatic N) is 1. The lowest BCUT2D eigenvalue weighted by molar-refractivity contribution is -0.118. The lowest BCUT2D eigenvalue weighted by atomic mass is 10.2. The van der Waals surface area contributed by atoms with E-state index in [0.29, 0.717) is 23.8 Å². The summed E-state index contributed by atoms with van der Waals surface area (Å²) in [5.41, 5.74) is 1.69. The van der Waals surface area contributed by atoms with E-state index in [1.165, 1.54) is 23.9 Å². The third-order valence-electron chi connectivity index (χ3n) is 2.95. The van der Waals surface area contributed by atoms with Gasteiger partial charge in [-0.25, -0.2) is 4.39 Å². The van der Waals surface area contributed by atoms with Crippen LogP contribution >= 0.6 is 11.8 Å². The normalized spacial score (nSPS) is 10.3. The molecule has 6 heteroatoms. The second-order valence-corrected chi connectivity index (χ2v) is 5.57. The number of amides is 1. The van der Waals surface area contributed by atoms with Gasteiger partial charge in [0.05, 0.1) is 12.9 Å². The highest BCUT2D eigenvalue weighted by molar-refractivity contribution is 7.99. The van der Waals surface area contributed by atoms with Gasteiger partial charge in [0.15, 0.2) is 0 Å². The Labute approximate surface area is 133 Å². The van der Waals surface area contributed by atoms with Crippen LogP contribution in [0.1, 0.15) is 11.1 Å². The van der Waals surface area contributed by atoms with Gasteiger partial charge in [0, 0.05) is 30.3 Å². The third-order valence-corrected chi connectivity index (χ3v) is 3.93. The number of rotatable bonds is 7. The molecule has 2 aromatic rings. The van der Waals surface area contributed by atoms with Crippen LogP contribution in [-0.2, 0) is 17.1 Å². The molecule has 0 aliphatic carbocycles. The first-order chi connectivity index (χ1) is 10.7. The van der Waals surface area contributed by atoms with Gasteiger partial charge in [0.25, 0.3) is 0 Å². The first-order valence-electron chi connectivity index (χ1n) is 6.75. The Hall–Kier alpha value is -2.08. The highest BCUT2D eigenvalue weighted by Gasteiger charge is 2.07. The minimum atomic E-state index is -0.308. The van der Waals surface area contributed by atoms with Crippen molar-refractivity contribution >= 4 is 17.7 Å². The number of pyridine rings is 1. The number of hydrogen-bond acceptors (Lipinski definition) is 4. The zero-order chi connectivity index (χ0) is 15.8. The van der Waals surface area contributed by atoms with Crippen molar-refractivity contribution in [3.05, 3.63) is 59.7 Å². The van der Waals surface area contributed by atoms with Gasteiger partial charge in [-0.15, -0.1) is 11.8 Å². The zero-order valence-corrected chi connectivity index (χ0v) is 13.0. The predicted molar refractivity (Wildman–Crippen MR) is 85.2 cm³/mol. The Morgan fingerprint density at radius 2 is 2.27 bits per heavy atom. The third kappa shape index (κ3) is 5.04. The number of ether oxygens (including phenoxy) is 1. The predicted octanol–water partition coefficient (Wildman–Crippen LogP) is 2.78. The molecular formula is C16H17FN2O2S. The molecule has 116 valence electrons. The van der Waals surface area contributed by atoms with E-state index in [0.717, 1.165) is 11.1 Å². The fraction of sp³-hybridized carbons (Fsp3) is 0.250. The summed E-state index contributed by atoms with van der Waals surface area (Å²) in [5.74, 6) is 1.08. The van der Waals surface area contributed by atoms with Gasteiger partial charge in [-0.05, 0) is 29.8 Å². The number of hydrogen-bond donors (Lipinski definition) is 1. The quantitative estimate of drug-likeness (QED) is 0.852. The van der Waals surface area contributed by atoms with Crippen molar-refractivity contribution in [3.63, 3.8) is 0 Å². The lowest BCUT2D eigenvalue weighted by Crippen LogP contribution is -2.24. The molecule has 0 unspecified atom stereocenters. The van der Waals surface area contributed by atoms with Crippen LogP contribution in [0.5, 0.6) is 5.75 Å². The van der Waals surface area contributed by atoms with Crippen molar-refractivity contribution in [2.45, 2.75) is 12.3 Å². The molecule has 0 aliphatic heterocycles. The van der Waals surface area contributed by atoms with Crippen LogP contribution in [0, 0.1) is 5.82 Å². The number of thioether (sulfide) groups is 1. The van der Waals surface area contributed by atoms with Crippen LogP contribution in [0.2, 0.25) is 0 Å². The van der Waals surface area contributed by atoms with Crippen molar-refractivity contribution in [1.29, 1.82) is 0 Å². The van der Waals surface area contributed by atoms with E-state index < -0.39 is 0 Å². The number of benzene rings is 1. The average Bonchev–Trinajstić information content (AvgIpc) is 2.54. The lowest BCUT2D eigenvalue weighted by Gasteiger charge is -2.08. The zero-order valence-electron chi connectivity index (χ0n) is 12.2. The Morgan fingerprint density at radius 3 is 3.00 bits per heavy atom. The van der Waals surface area contributed by atoms with E-state index in [4.69, 9.17) is 4.74 Å². The first-order valence-corrected chi connectivity index (χ1v) is 7.90. The van der Waals surface area contributed by atoms with Gasteiger partial charge < -0.3 is 10.1 Å². The van der Waals surface area contributed by atoms with E-state index >= 15 is 0 Å². The molecular weight excluding hydrogens is 303 g/mol. The van der Waals surface area contributed by atoms with Gasteiger partial charge in [0.1, 0.15) is 11.6 Å². The van der Waals surface area contributed by atoms with E-state index in [-0.39, 0.29) is 11.7 Å². The minimum Gasteiger partial charge on any atom is -0.496 e. The van der Waals surface area contributed by atoms with E-state index in [2.05, 4.69) is 10.3 Å². The van der Waals surface area contributed by atoms with Crippen molar-refractivity contribution in [2.24, 2.45) is 0 Å². The Bertz CT molecular complexity index is 623. The smallest absolute Gasteiger partial charge is 0.230 e. The molecule has 1 aromatic carbocycles. The molecule has 2 rings (SSSR count). The molecule has 0 spiro atoms. The van der Waals surface area contributed by atoms with Crippen LogP contribution in [0.15, 0.2) is 42.7 Å². The number of nitrogens with one attached hydrogen (secondary N) is 1. The summed E-state index contributed by atoms with van der Waals surface area (Å²) in [6, 6.07) is 8.10. The number of methoxy groups -OCH3 is 1. The number of halogens is 1. The highest BCUT2D eigenvalue weighted by Crippen LogP contribution is 2.23. The van der Waals surface area contributed by atoms with Gasteiger partial charge in [-0.1, -0.05) is 6.07 Å². The van der Waals surface area contributed by atoms with Crippen LogP contribution in [-0.4, -0.2) is 23.8 Å². The monoisotopic (exact) mass is 320 g/mol. The highest BCUT2D eigenvalue weighted by atomic mass is 32.2. The summed E-state index contributed by atoms with van der Waals surface area (Å²) < 4.78 is 18.4. The largest absolute Gasteiger partial charge is 0.496 e. The fourth-order valence-corrected chi connectivity index (χ4v) is 2.70. The molecule has 1 aromatic heterocycles. The number of aromatic nitrogens is 1. The Kier molecular flexibility index (Phi) is 6.21. The molecule has 1 amide bonds. The van der Waals surface area contributed by atoms with E-state index in [1.807, 2.05) is 12.1 Å². The number of carbonyl (C=O) groups excluding carboxylic acids is 1. The maximum Gasteiger partial charge on any atom is 0.230 e. The maximum absolute atomic E-state index is 13.2.